The van der Waals surface area contributed by atoms with Crippen molar-refractivity contribution in [3.63, 3.8) is 0 Å². The lowest BCUT2D eigenvalue weighted by Gasteiger charge is -2.21. The molecule has 1 fully saturated rings. The number of aromatic nitrogens is 1. The fraction of sp³-hybridized carbons (Fsp3) is 0.583. The molecule has 2 rings (SSSR count). The molecule has 0 aromatic carbocycles. The molecule has 104 valence electrons. The Morgan fingerprint density at radius 3 is 3.05 bits per heavy atom. The van der Waals surface area contributed by atoms with Crippen LogP contribution in [0.1, 0.15) is 23.5 Å². The number of carbonyl (C=O) groups is 2. The fourth-order valence-electron chi connectivity index (χ4n) is 2.19. The summed E-state index contributed by atoms with van der Waals surface area (Å²) in [6.45, 7) is 2.93. The van der Waals surface area contributed by atoms with E-state index in [1.165, 1.54) is 4.90 Å². The summed E-state index contributed by atoms with van der Waals surface area (Å²) in [6, 6.07) is -0.974. The molecule has 0 unspecified atom stereocenters. The largest absolute Gasteiger partial charge is 0.480 e. The molecule has 1 aromatic rings. The molecular weight excluding hydrogens is 266 g/mol. The molecule has 0 bridgehead atoms. The van der Waals surface area contributed by atoms with Crippen LogP contribution >= 0.6 is 11.3 Å². The van der Waals surface area contributed by atoms with Crippen LogP contribution in [0, 0.1) is 6.92 Å². The number of aliphatic carboxylic acids is 1. The lowest BCUT2D eigenvalue weighted by atomic mass is 10.2. The van der Waals surface area contributed by atoms with E-state index in [-0.39, 0.29) is 6.03 Å². The van der Waals surface area contributed by atoms with E-state index in [1.807, 2.05) is 12.3 Å². The lowest BCUT2D eigenvalue weighted by molar-refractivity contribution is -0.141. The van der Waals surface area contributed by atoms with Gasteiger partial charge in [0.05, 0.1) is 10.7 Å². The first-order chi connectivity index (χ1) is 9.08. The summed E-state index contributed by atoms with van der Waals surface area (Å²) in [5.41, 5.74) is 0.957. The maximum Gasteiger partial charge on any atom is 0.326 e. The Morgan fingerprint density at radius 1 is 1.63 bits per heavy atom. The molecule has 1 atom stereocenters. The second kappa shape index (κ2) is 6.01. The second-order valence-electron chi connectivity index (χ2n) is 4.53. The van der Waals surface area contributed by atoms with E-state index in [2.05, 4.69) is 10.3 Å². The normalized spacial score (nSPS) is 18.6. The Bertz CT molecular complexity index is 475. The first-order valence-corrected chi connectivity index (χ1v) is 7.14. The second-order valence-corrected chi connectivity index (χ2v) is 5.59. The quantitative estimate of drug-likeness (QED) is 0.871. The van der Waals surface area contributed by atoms with Crippen molar-refractivity contribution in [2.24, 2.45) is 0 Å². The van der Waals surface area contributed by atoms with Crippen molar-refractivity contribution in [1.82, 2.24) is 15.2 Å². The number of nitrogens with zero attached hydrogens (tertiary/aromatic N) is 2. The number of nitrogens with one attached hydrogen (secondary N) is 1. The van der Waals surface area contributed by atoms with Crippen LogP contribution in [-0.4, -0.2) is 46.1 Å². The molecule has 0 spiro atoms. The highest BCUT2D eigenvalue weighted by molar-refractivity contribution is 7.09. The SMILES string of the molecule is Cc1nc(CCNC(=O)N2CCC[C@H]2C(=O)O)cs1. The molecule has 0 radical (unpaired) electrons. The van der Waals surface area contributed by atoms with Crippen LogP contribution < -0.4 is 5.32 Å². The van der Waals surface area contributed by atoms with E-state index in [1.54, 1.807) is 11.3 Å². The fourth-order valence-corrected chi connectivity index (χ4v) is 2.84. The van der Waals surface area contributed by atoms with Crippen molar-refractivity contribution < 1.29 is 14.7 Å². The summed E-state index contributed by atoms with van der Waals surface area (Å²) in [4.78, 5) is 28.6. The molecule has 2 N–H and O–H groups in total. The van der Waals surface area contributed by atoms with Gasteiger partial charge in [0.2, 0.25) is 0 Å². The zero-order chi connectivity index (χ0) is 13.8. The summed E-state index contributed by atoms with van der Waals surface area (Å²) in [5, 5.41) is 14.7. The first kappa shape index (κ1) is 13.8. The standard InChI is InChI=1S/C12H17N3O3S/c1-8-14-9(7-19-8)4-5-13-12(18)15-6-2-3-10(15)11(16)17/h7,10H,2-6H2,1H3,(H,13,18)(H,16,17)/t10-/m0/s1. The van der Waals surface area contributed by atoms with Crippen molar-refractivity contribution in [1.29, 1.82) is 0 Å². The third-order valence-corrected chi connectivity index (χ3v) is 3.94. The number of thiazole rings is 1. The number of amides is 2. The van der Waals surface area contributed by atoms with E-state index in [0.717, 1.165) is 17.1 Å². The third-order valence-electron chi connectivity index (χ3n) is 3.12. The van der Waals surface area contributed by atoms with Gasteiger partial charge in [-0.1, -0.05) is 0 Å². The van der Waals surface area contributed by atoms with Gasteiger partial charge in [0.15, 0.2) is 0 Å². The Hall–Kier alpha value is -1.63. The molecule has 1 aliphatic rings. The minimum atomic E-state index is -0.928. The minimum absolute atomic E-state index is 0.295. The van der Waals surface area contributed by atoms with E-state index in [0.29, 0.717) is 25.9 Å². The van der Waals surface area contributed by atoms with Gasteiger partial charge in [-0.2, -0.15) is 0 Å². The number of carboxylic acids is 1. The predicted molar refractivity (Wildman–Crippen MR) is 71.3 cm³/mol. The monoisotopic (exact) mass is 283 g/mol. The molecule has 19 heavy (non-hydrogen) atoms. The molecule has 7 heteroatoms. The van der Waals surface area contributed by atoms with Crippen molar-refractivity contribution in [3.8, 4) is 0 Å². The van der Waals surface area contributed by atoms with E-state index < -0.39 is 12.0 Å². The Balaban J connectivity index is 1.79. The first-order valence-electron chi connectivity index (χ1n) is 6.26. The highest BCUT2D eigenvalue weighted by Crippen LogP contribution is 2.17. The maximum absolute atomic E-state index is 11.9. The third kappa shape index (κ3) is 3.44. The molecule has 6 nitrogen and oxygen atoms in total. The summed E-state index contributed by atoms with van der Waals surface area (Å²) >= 11 is 1.58. The molecular formula is C12H17N3O3S. The number of rotatable bonds is 4. The molecule has 1 aliphatic heterocycles. The number of carbonyl (C=O) groups excluding carboxylic acids is 1. The number of carboxylic acid groups (broad SMARTS) is 1. The smallest absolute Gasteiger partial charge is 0.326 e. The molecule has 2 heterocycles. The van der Waals surface area contributed by atoms with Crippen LogP contribution in [0.3, 0.4) is 0 Å². The van der Waals surface area contributed by atoms with Gasteiger partial charge < -0.3 is 15.3 Å². The van der Waals surface area contributed by atoms with Crippen molar-refractivity contribution in [2.45, 2.75) is 32.2 Å². The van der Waals surface area contributed by atoms with Crippen LogP contribution in [0.5, 0.6) is 0 Å². The summed E-state index contributed by atoms with van der Waals surface area (Å²) in [7, 11) is 0. The van der Waals surface area contributed by atoms with Gasteiger partial charge in [-0.3, -0.25) is 0 Å². The van der Waals surface area contributed by atoms with E-state index in [4.69, 9.17) is 5.11 Å². The predicted octanol–water partition coefficient (Wildman–Crippen LogP) is 1.25. The minimum Gasteiger partial charge on any atom is -0.480 e. The zero-order valence-corrected chi connectivity index (χ0v) is 11.6. The highest BCUT2D eigenvalue weighted by atomic mass is 32.1. The van der Waals surface area contributed by atoms with Crippen LogP contribution in [0.15, 0.2) is 5.38 Å². The Morgan fingerprint density at radius 2 is 2.42 bits per heavy atom. The zero-order valence-electron chi connectivity index (χ0n) is 10.8. The number of likely N-dealkylation sites (tertiary alicyclic amines) is 1. The summed E-state index contributed by atoms with van der Waals surface area (Å²) in [6.07, 6.45) is 1.95. The van der Waals surface area contributed by atoms with Gasteiger partial charge in [-0.25, -0.2) is 14.6 Å². The van der Waals surface area contributed by atoms with Gasteiger partial charge in [0, 0.05) is 24.9 Å². The number of hydrogen-bond donors (Lipinski definition) is 2. The van der Waals surface area contributed by atoms with Crippen molar-refractivity contribution >= 4 is 23.3 Å². The number of hydrogen-bond acceptors (Lipinski definition) is 4. The summed E-state index contributed by atoms with van der Waals surface area (Å²) in [5.74, 6) is -0.928. The Kier molecular flexibility index (Phi) is 4.36. The van der Waals surface area contributed by atoms with Crippen LogP contribution in [0.2, 0.25) is 0 Å². The van der Waals surface area contributed by atoms with Crippen molar-refractivity contribution in [3.05, 3.63) is 16.1 Å². The topological polar surface area (TPSA) is 82.5 Å². The van der Waals surface area contributed by atoms with Gasteiger partial charge in [-0.15, -0.1) is 11.3 Å². The molecule has 0 saturated carbocycles. The van der Waals surface area contributed by atoms with E-state index >= 15 is 0 Å². The van der Waals surface area contributed by atoms with Gasteiger partial charge in [-0.05, 0) is 19.8 Å². The van der Waals surface area contributed by atoms with Gasteiger partial charge in [0.25, 0.3) is 0 Å². The molecule has 1 aromatic heterocycles. The number of urea groups is 1. The Labute approximate surface area is 115 Å². The van der Waals surface area contributed by atoms with Gasteiger partial charge >= 0.3 is 12.0 Å². The average Bonchev–Trinajstić information content (AvgIpc) is 2.97. The van der Waals surface area contributed by atoms with Gasteiger partial charge in [0.1, 0.15) is 6.04 Å². The van der Waals surface area contributed by atoms with Crippen LogP contribution in [0.25, 0.3) is 0 Å². The maximum atomic E-state index is 11.9. The average molecular weight is 283 g/mol. The molecule has 0 aliphatic carbocycles. The molecule has 1 saturated heterocycles. The van der Waals surface area contributed by atoms with Crippen LogP contribution in [0.4, 0.5) is 4.79 Å². The van der Waals surface area contributed by atoms with E-state index in [9.17, 15) is 9.59 Å². The molecule has 2 amide bonds. The number of aryl methyl sites for hydroxylation is 1. The van der Waals surface area contributed by atoms with Crippen LogP contribution in [-0.2, 0) is 11.2 Å². The van der Waals surface area contributed by atoms with Crippen molar-refractivity contribution in [2.75, 3.05) is 13.1 Å². The lowest BCUT2D eigenvalue weighted by Crippen LogP contribution is -2.46. The highest BCUT2D eigenvalue weighted by Gasteiger charge is 2.33. The summed E-state index contributed by atoms with van der Waals surface area (Å²) < 4.78 is 0.